The van der Waals surface area contributed by atoms with Crippen molar-refractivity contribution in [2.45, 2.75) is 6.42 Å². The minimum atomic E-state index is -0.262. The number of hydrogen-bond donors (Lipinski definition) is 0. The van der Waals surface area contributed by atoms with Crippen LogP contribution in [0.25, 0.3) is 11.3 Å². The van der Waals surface area contributed by atoms with Gasteiger partial charge in [0.25, 0.3) is 5.56 Å². The molecule has 3 aromatic rings. The van der Waals surface area contributed by atoms with Gasteiger partial charge in [-0.05, 0) is 23.8 Å². The quantitative estimate of drug-likeness (QED) is 0.622. The van der Waals surface area contributed by atoms with E-state index < -0.39 is 0 Å². The molecule has 0 aliphatic carbocycles. The molecular formula is C22H23FN4O3. The number of morpholine rings is 1. The second-order valence-electron chi connectivity index (χ2n) is 7.03. The first-order chi connectivity index (χ1) is 14.6. The number of anilines is 1. The Morgan fingerprint density at radius 1 is 1.17 bits per heavy atom. The number of pyridine rings is 1. The third-order valence-corrected chi connectivity index (χ3v) is 5.03. The molecule has 1 aromatic carbocycles. The zero-order chi connectivity index (χ0) is 20.9. The van der Waals surface area contributed by atoms with Crippen LogP contribution >= 0.6 is 0 Å². The van der Waals surface area contributed by atoms with E-state index in [9.17, 15) is 9.18 Å². The van der Waals surface area contributed by atoms with E-state index in [0.29, 0.717) is 62.3 Å². The van der Waals surface area contributed by atoms with Gasteiger partial charge in [-0.25, -0.2) is 9.37 Å². The third-order valence-electron chi connectivity index (χ3n) is 5.03. The Morgan fingerprint density at radius 2 is 1.93 bits per heavy atom. The molecule has 0 spiro atoms. The fourth-order valence-electron chi connectivity index (χ4n) is 3.35. The summed E-state index contributed by atoms with van der Waals surface area (Å²) in [6.45, 7) is 2.97. The van der Waals surface area contributed by atoms with E-state index in [4.69, 9.17) is 14.5 Å². The highest BCUT2D eigenvalue weighted by Gasteiger charge is 2.18. The van der Waals surface area contributed by atoms with Gasteiger partial charge in [-0.3, -0.25) is 14.3 Å². The zero-order valence-corrected chi connectivity index (χ0v) is 16.8. The number of aromatic nitrogens is 3. The van der Waals surface area contributed by atoms with Crippen LogP contribution in [0.1, 0.15) is 5.56 Å². The molecule has 0 amide bonds. The Bertz CT molecular complexity index is 1060. The lowest BCUT2D eigenvalue weighted by Crippen LogP contribution is -2.40. The number of nitrogens with zero attached hydrogens (tertiary/aromatic N) is 4. The number of halogens is 1. The first-order valence-corrected chi connectivity index (χ1v) is 9.84. The van der Waals surface area contributed by atoms with E-state index in [0.717, 1.165) is 5.56 Å². The highest BCUT2D eigenvalue weighted by molar-refractivity contribution is 5.67. The van der Waals surface area contributed by atoms with Gasteiger partial charge in [-0.1, -0.05) is 12.1 Å². The molecule has 30 heavy (non-hydrogen) atoms. The molecule has 0 radical (unpaired) electrons. The van der Waals surface area contributed by atoms with Crippen molar-refractivity contribution < 1.29 is 13.9 Å². The lowest BCUT2D eigenvalue weighted by atomic mass is 10.1. The maximum atomic E-state index is 13.1. The molecule has 4 rings (SSSR count). The van der Waals surface area contributed by atoms with Crippen molar-refractivity contribution in [1.29, 1.82) is 0 Å². The molecule has 0 N–H and O–H groups in total. The van der Waals surface area contributed by atoms with Gasteiger partial charge in [-0.15, -0.1) is 0 Å². The number of rotatable bonds is 6. The van der Waals surface area contributed by atoms with Crippen LogP contribution in [0.2, 0.25) is 0 Å². The van der Waals surface area contributed by atoms with Crippen molar-refractivity contribution in [2.75, 3.05) is 37.8 Å². The summed E-state index contributed by atoms with van der Waals surface area (Å²) in [7, 11) is 1.72. The first-order valence-electron chi connectivity index (χ1n) is 9.84. The summed E-state index contributed by atoms with van der Waals surface area (Å²) < 4.78 is 26.0. The van der Waals surface area contributed by atoms with Crippen molar-refractivity contribution in [3.05, 3.63) is 70.5 Å². The van der Waals surface area contributed by atoms with E-state index in [2.05, 4.69) is 4.98 Å². The second kappa shape index (κ2) is 9.04. The molecule has 0 unspecified atom stereocenters. The van der Waals surface area contributed by atoms with E-state index in [-0.39, 0.29) is 11.4 Å². The summed E-state index contributed by atoms with van der Waals surface area (Å²) in [5.41, 5.74) is 2.08. The first kappa shape index (κ1) is 20.0. The Morgan fingerprint density at radius 3 is 2.70 bits per heavy atom. The minimum Gasteiger partial charge on any atom is -0.491 e. The monoisotopic (exact) mass is 410 g/mol. The van der Waals surface area contributed by atoms with Crippen LogP contribution in [-0.4, -0.2) is 47.4 Å². The molecule has 0 saturated carbocycles. The molecule has 7 nitrogen and oxygen atoms in total. The highest BCUT2D eigenvalue weighted by Crippen LogP contribution is 2.28. The lowest BCUT2D eigenvalue weighted by molar-refractivity contribution is 0.121. The average Bonchev–Trinajstić information content (AvgIpc) is 2.78. The average molecular weight is 410 g/mol. The van der Waals surface area contributed by atoms with Crippen LogP contribution in [0.15, 0.2) is 53.6 Å². The van der Waals surface area contributed by atoms with Crippen LogP contribution in [-0.2, 0) is 18.2 Å². The third kappa shape index (κ3) is 4.49. The van der Waals surface area contributed by atoms with Gasteiger partial charge < -0.3 is 14.4 Å². The second-order valence-corrected chi connectivity index (χ2v) is 7.03. The Labute approximate surface area is 173 Å². The van der Waals surface area contributed by atoms with Crippen molar-refractivity contribution in [1.82, 2.24) is 14.5 Å². The summed E-state index contributed by atoms with van der Waals surface area (Å²) in [4.78, 5) is 23.5. The molecule has 3 heterocycles. The van der Waals surface area contributed by atoms with Crippen LogP contribution in [0.3, 0.4) is 0 Å². The van der Waals surface area contributed by atoms with E-state index in [1.807, 2.05) is 4.90 Å². The van der Waals surface area contributed by atoms with Gasteiger partial charge in [0.15, 0.2) is 0 Å². The minimum absolute atomic E-state index is 0.143. The Balaban J connectivity index is 1.57. The van der Waals surface area contributed by atoms with Crippen molar-refractivity contribution in [3.63, 3.8) is 0 Å². The van der Waals surface area contributed by atoms with Gasteiger partial charge in [0.1, 0.15) is 11.6 Å². The molecule has 2 aromatic heterocycles. The summed E-state index contributed by atoms with van der Waals surface area (Å²) in [5, 5.41) is 0. The fraction of sp³-hybridized carbons (Fsp3) is 0.318. The molecule has 1 saturated heterocycles. The van der Waals surface area contributed by atoms with Gasteiger partial charge >= 0.3 is 0 Å². The SMILES string of the molecule is Cn1c(N2CCOCC2)nc(-c2ccncc2OCCc2ccc(F)cc2)cc1=O. The van der Waals surface area contributed by atoms with Crippen molar-refractivity contribution in [3.8, 4) is 17.0 Å². The number of ether oxygens (including phenoxy) is 2. The van der Waals surface area contributed by atoms with Gasteiger partial charge in [-0.2, -0.15) is 0 Å². The van der Waals surface area contributed by atoms with Crippen LogP contribution in [0.4, 0.5) is 10.3 Å². The van der Waals surface area contributed by atoms with Gasteiger partial charge in [0, 0.05) is 44.4 Å². The smallest absolute Gasteiger partial charge is 0.255 e. The molecule has 1 aliphatic heterocycles. The number of benzene rings is 1. The van der Waals surface area contributed by atoms with Crippen LogP contribution in [0.5, 0.6) is 5.75 Å². The molecular weight excluding hydrogens is 387 g/mol. The van der Waals surface area contributed by atoms with E-state index in [1.54, 1.807) is 42.2 Å². The Hall–Kier alpha value is -3.26. The lowest BCUT2D eigenvalue weighted by Gasteiger charge is -2.29. The fourth-order valence-corrected chi connectivity index (χ4v) is 3.35. The molecule has 1 fully saturated rings. The van der Waals surface area contributed by atoms with E-state index in [1.165, 1.54) is 18.2 Å². The molecule has 1 aliphatic rings. The zero-order valence-electron chi connectivity index (χ0n) is 16.8. The molecule has 8 heteroatoms. The van der Waals surface area contributed by atoms with Crippen LogP contribution in [0, 0.1) is 5.82 Å². The maximum Gasteiger partial charge on any atom is 0.255 e. The normalized spacial score (nSPS) is 14.0. The van der Waals surface area contributed by atoms with E-state index >= 15 is 0 Å². The topological polar surface area (TPSA) is 69.5 Å². The summed E-state index contributed by atoms with van der Waals surface area (Å²) >= 11 is 0. The van der Waals surface area contributed by atoms with Crippen LogP contribution < -0.4 is 15.2 Å². The summed E-state index contributed by atoms with van der Waals surface area (Å²) in [5.74, 6) is 0.894. The summed E-state index contributed by atoms with van der Waals surface area (Å²) in [6.07, 6.45) is 3.89. The van der Waals surface area contributed by atoms with Gasteiger partial charge in [0.2, 0.25) is 5.95 Å². The predicted molar refractivity (Wildman–Crippen MR) is 111 cm³/mol. The Kier molecular flexibility index (Phi) is 6.04. The molecule has 0 bridgehead atoms. The molecule has 0 atom stereocenters. The summed E-state index contributed by atoms with van der Waals surface area (Å²) in [6, 6.07) is 9.63. The molecule has 156 valence electrons. The van der Waals surface area contributed by atoms with Crippen molar-refractivity contribution in [2.24, 2.45) is 7.05 Å². The van der Waals surface area contributed by atoms with Crippen molar-refractivity contribution >= 4 is 5.95 Å². The highest BCUT2D eigenvalue weighted by atomic mass is 19.1. The standard InChI is InChI=1S/C22H23FN4O3/c1-26-21(28)14-19(25-22(26)27-9-12-29-13-10-27)18-6-8-24-15-20(18)30-11-7-16-2-4-17(23)5-3-16/h2-6,8,14-15H,7,9-13H2,1H3. The maximum absolute atomic E-state index is 13.1. The predicted octanol–water partition coefficient (Wildman–Crippen LogP) is 2.44. The largest absolute Gasteiger partial charge is 0.491 e. The van der Waals surface area contributed by atoms with Gasteiger partial charge in [0.05, 0.1) is 31.7 Å². The number of hydrogen-bond acceptors (Lipinski definition) is 6.